The van der Waals surface area contributed by atoms with Gasteiger partial charge in [0.15, 0.2) is 0 Å². The van der Waals surface area contributed by atoms with E-state index in [1.807, 2.05) is 19.9 Å². The zero-order valence-corrected chi connectivity index (χ0v) is 9.86. The van der Waals surface area contributed by atoms with Gasteiger partial charge in [0.25, 0.3) is 0 Å². The number of carbonyl (C=O) groups excluding carboxylic acids is 1. The average Bonchev–Trinajstić information content (AvgIpc) is 2.29. The van der Waals surface area contributed by atoms with E-state index < -0.39 is 0 Å². The standard InChI is InChI=1S/C14H18O2/c1-14(2,9-15)11-6-7-12-10(8-11)4-3-5-13(12)16/h3-5,9,11,16H,6-8H2,1-2H3. The van der Waals surface area contributed by atoms with Crippen molar-refractivity contribution in [3.05, 3.63) is 29.3 Å². The third kappa shape index (κ3) is 1.84. The van der Waals surface area contributed by atoms with Gasteiger partial charge >= 0.3 is 0 Å². The normalized spacial score (nSPS) is 20.2. The molecule has 0 aliphatic heterocycles. The van der Waals surface area contributed by atoms with Gasteiger partial charge in [-0.2, -0.15) is 0 Å². The first-order valence-electron chi connectivity index (χ1n) is 5.80. The minimum Gasteiger partial charge on any atom is -0.508 e. The second kappa shape index (κ2) is 3.93. The molecule has 2 nitrogen and oxygen atoms in total. The summed E-state index contributed by atoms with van der Waals surface area (Å²) in [5, 5.41) is 9.73. The van der Waals surface area contributed by atoms with E-state index in [2.05, 4.69) is 6.07 Å². The van der Waals surface area contributed by atoms with E-state index in [-0.39, 0.29) is 5.41 Å². The van der Waals surface area contributed by atoms with E-state index in [1.165, 1.54) is 5.56 Å². The van der Waals surface area contributed by atoms with Crippen LogP contribution in [0.15, 0.2) is 18.2 Å². The molecule has 0 fully saturated rings. The van der Waals surface area contributed by atoms with E-state index in [9.17, 15) is 9.90 Å². The number of fused-ring (bicyclic) bond motifs is 1. The summed E-state index contributed by atoms with van der Waals surface area (Å²) in [6.45, 7) is 4.00. The predicted molar refractivity (Wildman–Crippen MR) is 63.5 cm³/mol. The van der Waals surface area contributed by atoms with Gasteiger partial charge in [0, 0.05) is 5.41 Å². The highest BCUT2D eigenvalue weighted by molar-refractivity contribution is 5.59. The summed E-state index contributed by atoms with van der Waals surface area (Å²) >= 11 is 0. The van der Waals surface area contributed by atoms with Crippen LogP contribution in [0.1, 0.15) is 31.4 Å². The van der Waals surface area contributed by atoms with E-state index in [0.29, 0.717) is 11.7 Å². The number of rotatable bonds is 2. The molecule has 0 amide bonds. The smallest absolute Gasteiger partial charge is 0.125 e. The van der Waals surface area contributed by atoms with Crippen LogP contribution >= 0.6 is 0 Å². The Hall–Kier alpha value is -1.31. The van der Waals surface area contributed by atoms with Gasteiger partial charge in [-0.3, -0.25) is 0 Å². The maximum Gasteiger partial charge on any atom is 0.125 e. The Morgan fingerprint density at radius 2 is 2.19 bits per heavy atom. The van der Waals surface area contributed by atoms with Gasteiger partial charge in [-0.25, -0.2) is 0 Å². The molecule has 1 aromatic rings. The Balaban J connectivity index is 2.28. The van der Waals surface area contributed by atoms with Crippen molar-refractivity contribution in [1.82, 2.24) is 0 Å². The van der Waals surface area contributed by atoms with Crippen molar-refractivity contribution in [2.45, 2.75) is 33.1 Å². The second-order valence-corrected chi connectivity index (χ2v) is 5.29. The van der Waals surface area contributed by atoms with Gasteiger partial charge in [0.05, 0.1) is 0 Å². The molecule has 86 valence electrons. The van der Waals surface area contributed by atoms with Gasteiger partial charge in [-0.15, -0.1) is 0 Å². The van der Waals surface area contributed by atoms with Crippen LogP contribution in [0.4, 0.5) is 0 Å². The van der Waals surface area contributed by atoms with Crippen LogP contribution in [0, 0.1) is 11.3 Å². The second-order valence-electron chi connectivity index (χ2n) is 5.29. The lowest BCUT2D eigenvalue weighted by atomic mass is 9.70. The van der Waals surface area contributed by atoms with Crippen LogP contribution in [-0.2, 0) is 17.6 Å². The van der Waals surface area contributed by atoms with Crippen molar-refractivity contribution >= 4 is 6.29 Å². The maximum absolute atomic E-state index is 11.1. The molecule has 1 aliphatic carbocycles. The Morgan fingerprint density at radius 3 is 2.88 bits per heavy atom. The summed E-state index contributed by atoms with van der Waals surface area (Å²) in [7, 11) is 0. The zero-order valence-electron chi connectivity index (χ0n) is 9.86. The van der Waals surface area contributed by atoms with E-state index in [1.54, 1.807) is 6.07 Å². The van der Waals surface area contributed by atoms with Crippen LogP contribution in [-0.4, -0.2) is 11.4 Å². The molecule has 0 radical (unpaired) electrons. The third-order valence-corrected chi connectivity index (χ3v) is 3.81. The number of phenolic OH excluding ortho intramolecular Hbond substituents is 1. The third-order valence-electron chi connectivity index (χ3n) is 3.81. The average molecular weight is 218 g/mol. The highest BCUT2D eigenvalue weighted by atomic mass is 16.3. The fourth-order valence-electron chi connectivity index (χ4n) is 2.52. The summed E-state index contributed by atoms with van der Waals surface area (Å²) in [6.07, 6.45) is 3.82. The van der Waals surface area contributed by atoms with Crippen LogP contribution in [0.2, 0.25) is 0 Å². The van der Waals surface area contributed by atoms with E-state index in [0.717, 1.165) is 31.1 Å². The lowest BCUT2D eigenvalue weighted by Crippen LogP contribution is -2.30. The number of hydrogen-bond acceptors (Lipinski definition) is 2. The quantitative estimate of drug-likeness (QED) is 0.775. The Kier molecular flexibility index (Phi) is 2.75. The molecule has 1 N–H and O–H groups in total. The van der Waals surface area contributed by atoms with Gasteiger partial charge in [0.1, 0.15) is 12.0 Å². The number of benzene rings is 1. The summed E-state index contributed by atoms with van der Waals surface area (Å²) < 4.78 is 0. The summed E-state index contributed by atoms with van der Waals surface area (Å²) in [6, 6.07) is 5.68. The highest BCUT2D eigenvalue weighted by Crippen LogP contribution is 2.38. The van der Waals surface area contributed by atoms with Crippen LogP contribution in [0.5, 0.6) is 5.75 Å². The van der Waals surface area contributed by atoms with Crippen molar-refractivity contribution in [3.8, 4) is 5.75 Å². The maximum atomic E-state index is 11.1. The van der Waals surface area contributed by atoms with Gasteiger partial charge in [-0.05, 0) is 42.4 Å². The van der Waals surface area contributed by atoms with Gasteiger partial charge < -0.3 is 9.90 Å². The highest BCUT2D eigenvalue weighted by Gasteiger charge is 2.32. The lowest BCUT2D eigenvalue weighted by molar-refractivity contribution is -0.117. The molecule has 0 heterocycles. The molecular weight excluding hydrogens is 200 g/mol. The van der Waals surface area contributed by atoms with Crippen LogP contribution < -0.4 is 0 Å². The van der Waals surface area contributed by atoms with Crippen LogP contribution in [0.25, 0.3) is 0 Å². The molecule has 1 unspecified atom stereocenters. The molecule has 0 spiro atoms. The number of carbonyl (C=O) groups is 1. The summed E-state index contributed by atoms with van der Waals surface area (Å²) in [5.41, 5.74) is 2.01. The monoisotopic (exact) mass is 218 g/mol. The molecular formula is C14H18O2. The number of aromatic hydroxyl groups is 1. The first-order valence-corrected chi connectivity index (χ1v) is 5.80. The van der Waals surface area contributed by atoms with Crippen molar-refractivity contribution in [2.75, 3.05) is 0 Å². The molecule has 0 saturated carbocycles. The Morgan fingerprint density at radius 1 is 1.44 bits per heavy atom. The molecule has 16 heavy (non-hydrogen) atoms. The van der Waals surface area contributed by atoms with Gasteiger partial charge in [-0.1, -0.05) is 26.0 Å². The molecule has 0 aromatic heterocycles. The summed E-state index contributed by atoms with van der Waals surface area (Å²) in [5.74, 6) is 0.791. The van der Waals surface area contributed by atoms with Crippen molar-refractivity contribution in [1.29, 1.82) is 0 Å². The predicted octanol–water partition coefficient (Wildman–Crippen LogP) is 2.72. The fourth-order valence-corrected chi connectivity index (χ4v) is 2.52. The van der Waals surface area contributed by atoms with Crippen molar-refractivity contribution < 1.29 is 9.90 Å². The summed E-state index contributed by atoms with van der Waals surface area (Å²) in [4.78, 5) is 11.1. The first kappa shape index (κ1) is 11.2. The molecule has 0 bridgehead atoms. The Bertz CT molecular complexity index is 407. The largest absolute Gasteiger partial charge is 0.508 e. The molecule has 0 saturated heterocycles. The minimum absolute atomic E-state index is 0.261. The van der Waals surface area contributed by atoms with Crippen molar-refractivity contribution in [2.24, 2.45) is 11.3 Å². The first-order chi connectivity index (χ1) is 7.54. The van der Waals surface area contributed by atoms with Gasteiger partial charge in [0.2, 0.25) is 0 Å². The zero-order chi connectivity index (χ0) is 11.8. The van der Waals surface area contributed by atoms with Crippen LogP contribution in [0.3, 0.4) is 0 Å². The molecule has 1 atom stereocenters. The minimum atomic E-state index is -0.261. The molecule has 1 aromatic carbocycles. The fraction of sp³-hybridized carbons (Fsp3) is 0.500. The van der Waals surface area contributed by atoms with Crippen molar-refractivity contribution in [3.63, 3.8) is 0 Å². The Labute approximate surface area is 96.3 Å². The SMILES string of the molecule is CC(C)(C=O)C1CCc2c(O)cccc2C1. The number of hydrogen-bond donors (Lipinski definition) is 1. The lowest BCUT2D eigenvalue weighted by Gasteiger charge is -2.33. The molecule has 2 rings (SSSR count). The molecule has 2 heteroatoms. The number of aldehydes is 1. The number of phenols is 1. The molecule has 1 aliphatic rings. The van der Waals surface area contributed by atoms with E-state index in [4.69, 9.17) is 0 Å². The topological polar surface area (TPSA) is 37.3 Å². The van der Waals surface area contributed by atoms with E-state index >= 15 is 0 Å².